The Bertz CT molecular complexity index is 589. The minimum absolute atomic E-state index is 0.0318. The molecule has 0 aromatic carbocycles. The Balaban J connectivity index is 1.68. The van der Waals surface area contributed by atoms with Crippen LogP contribution in [0.4, 0.5) is 0 Å². The van der Waals surface area contributed by atoms with Gasteiger partial charge in [-0.15, -0.1) is 0 Å². The van der Waals surface area contributed by atoms with E-state index < -0.39 is 0 Å². The van der Waals surface area contributed by atoms with Crippen LogP contribution in [0.25, 0.3) is 0 Å². The molecule has 1 aliphatic carbocycles. The molecule has 0 bridgehead atoms. The quantitative estimate of drug-likeness (QED) is 0.898. The monoisotopic (exact) mass is 270 g/mol. The third-order valence-corrected chi connectivity index (χ3v) is 3.66. The summed E-state index contributed by atoms with van der Waals surface area (Å²) in [5, 5.41) is 3.13. The lowest BCUT2D eigenvalue weighted by Crippen LogP contribution is -2.32. The number of imidazole rings is 1. The number of hydrogen-bond acceptors (Lipinski definition) is 3. The summed E-state index contributed by atoms with van der Waals surface area (Å²) in [6.45, 7) is 0. The number of amides is 1. The van der Waals surface area contributed by atoms with Crippen LogP contribution in [0, 0.1) is 5.92 Å². The van der Waals surface area contributed by atoms with Crippen LogP contribution in [0.5, 0.6) is 0 Å². The smallest absolute Gasteiger partial charge is 0.225 e. The fraction of sp³-hybridized carbons (Fsp3) is 0.400. The molecule has 1 N–H and O–H groups in total. The van der Waals surface area contributed by atoms with Crippen molar-refractivity contribution in [2.75, 3.05) is 0 Å². The van der Waals surface area contributed by atoms with E-state index in [0.29, 0.717) is 12.3 Å². The van der Waals surface area contributed by atoms with Crippen molar-refractivity contribution < 1.29 is 4.79 Å². The van der Waals surface area contributed by atoms with Gasteiger partial charge in [-0.3, -0.25) is 9.78 Å². The lowest BCUT2D eigenvalue weighted by atomic mass is 10.1. The number of nitrogens with one attached hydrogen (secondary N) is 1. The topological polar surface area (TPSA) is 59.8 Å². The fourth-order valence-electron chi connectivity index (χ4n) is 2.41. The van der Waals surface area contributed by atoms with Gasteiger partial charge in [0, 0.05) is 31.8 Å². The second kappa shape index (κ2) is 5.45. The normalized spacial score (nSPS) is 15.8. The van der Waals surface area contributed by atoms with Crippen LogP contribution in [-0.2, 0) is 18.3 Å². The summed E-state index contributed by atoms with van der Waals surface area (Å²) < 4.78 is 1.98. The van der Waals surface area contributed by atoms with E-state index >= 15 is 0 Å². The highest BCUT2D eigenvalue weighted by molar-refractivity contribution is 5.78. The number of rotatable bonds is 5. The summed E-state index contributed by atoms with van der Waals surface area (Å²) in [4.78, 5) is 20.5. The molecule has 0 spiro atoms. The Labute approximate surface area is 118 Å². The number of carbonyl (C=O) groups excluding carboxylic acids is 1. The summed E-state index contributed by atoms with van der Waals surface area (Å²) >= 11 is 0. The zero-order valence-corrected chi connectivity index (χ0v) is 11.5. The number of carbonyl (C=O) groups is 1. The van der Waals surface area contributed by atoms with Crippen molar-refractivity contribution in [1.82, 2.24) is 19.9 Å². The molecule has 5 nitrogen and oxygen atoms in total. The number of hydrogen-bond donors (Lipinski definition) is 1. The molecule has 2 heterocycles. The number of pyridine rings is 1. The first-order chi connectivity index (χ1) is 9.74. The lowest BCUT2D eigenvalue weighted by molar-refractivity contribution is -0.121. The average Bonchev–Trinajstić information content (AvgIpc) is 3.20. The molecule has 3 rings (SSSR count). The van der Waals surface area contributed by atoms with Gasteiger partial charge in [0.05, 0.1) is 12.5 Å². The van der Waals surface area contributed by atoms with Crippen molar-refractivity contribution >= 4 is 5.91 Å². The van der Waals surface area contributed by atoms with Crippen LogP contribution in [0.1, 0.15) is 30.3 Å². The van der Waals surface area contributed by atoms with Crippen molar-refractivity contribution in [2.24, 2.45) is 13.0 Å². The standard InChI is InChI=1S/C15H18N4O/c1-19-9-8-17-15(19)14(12-2-3-12)18-13(20)10-11-4-6-16-7-5-11/h4-9,12,14H,2-3,10H2,1H3,(H,18,20)/t14-/m1/s1. The lowest BCUT2D eigenvalue weighted by Gasteiger charge is -2.18. The first kappa shape index (κ1) is 12.8. The Morgan fingerprint density at radius 1 is 1.40 bits per heavy atom. The average molecular weight is 270 g/mol. The highest BCUT2D eigenvalue weighted by Crippen LogP contribution is 2.40. The second-order valence-corrected chi connectivity index (χ2v) is 5.31. The highest BCUT2D eigenvalue weighted by atomic mass is 16.1. The van der Waals surface area contributed by atoms with E-state index in [9.17, 15) is 4.79 Å². The van der Waals surface area contributed by atoms with E-state index in [1.807, 2.05) is 29.9 Å². The molecular weight excluding hydrogens is 252 g/mol. The van der Waals surface area contributed by atoms with E-state index in [1.54, 1.807) is 18.6 Å². The largest absolute Gasteiger partial charge is 0.346 e. The molecule has 0 aliphatic heterocycles. The van der Waals surface area contributed by atoms with Gasteiger partial charge >= 0.3 is 0 Å². The molecule has 1 atom stereocenters. The molecule has 0 saturated heterocycles. The molecule has 1 saturated carbocycles. The third-order valence-electron chi connectivity index (χ3n) is 3.66. The van der Waals surface area contributed by atoms with Crippen molar-refractivity contribution in [3.05, 3.63) is 48.3 Å². The van der Waals surface area contributed by atoms with Gasteiger partial charge in [-0.1, -0.05) is 0 Å². The van der Waals surface area contributed by atoms with E-state index in [4.69, 9.17) is 0 Å². The molecule has 104 valence electrons. The molecule has 1 aliphatic rings. The van der Waals surface area contributed by atoms with Gasteiger partial charge < -0.3 is 9.88 Å². The van der Waals surface area contributed by atoms with Crippen molar-refractivity contribution in [2.45, 2.75) is 25.3 Å². The molecule has 1 fully saturated rings. The zero-order valence-electron chi connectivity index (χ0n) is 11.5. The molecule has 5 heteroatoms. The maximum absolute atomic E-state index is 12.2. The van der Waals surface area contributed by atoms with Crippen LogP contribution in [0.15, 0.2) is 36.9 Å². The van der Waals surface area contributed by atoms with E-state index in [0.717, 1.165) is 24.2 Å². The fourth-order valence-corrected chi connectivity index (χ4v) is 2.41. The van der Waals surface area contributed by atoms with Gasteiger partial charge in [0.2, 0.25) is 5.91 Å². The summed E-state index contributed by atoms with van der Waals surface area (Å²) in [5.41, 5.74) is 0.979. The summed E-state index contributed by atoms with van der Waals surface area (Å²) in [5.74, 6) is 1.50. The highest BCUT2D eigenvalue weighted by Gasteiger charge is 2.35. The second-order valence-electron chi connectivity index (χ2n) is 5.31. The number of aromatic nitrogens is 3. The maximum Gasteiger partial charge on any atom is 0.225 e. The molecule has 2 aromatic heterocycles. The van der Waals surface area contributed by atoms with E-state index in [1.165, 1.54) is 0 Å². The van der Waals surface area contributed by atoms with Gasteiger partial charge in [0.1, 0.15) is 5.82 Å². The Morgan fingerprint density at radius 3 is 2.75 bits per heavy atom. The van der Waals surface area contributed by atoms with Gasteiger partial charge in [-0.2, -0.15) is 0 Å². The van der Waals surface area contributed by atoms with Crippen molar-refractivity contribution in [3.8, 4) is 0 Å². The minimum Gasteiger partial charge on any atom is -0.346 e. The summed E-state index contributed by atoms with van der Waals surface area (Å²) in [6.07, 6.45) is 9.81. The van der Waals surface area contributed by atoms with Gasteiger partial charge in [-0.25, -0.2) is 4.98 Å². The van der Waals surface area contributed by atoms with Gasteiger partial charge in [-0.05, 0) is 36.5 Å². The zero-order chi connectivity index (χ0) is 13.9. The predicted molar refractivity (Wildman–Crippen MR) is 74.8 cm³/mol. The van der Waals surface area contributed by atoms with Gasteiger partial charge in [0.15, 0.2) is 0 Å². The Hall–Kier alpha value is -2.17. The SMILES string of the molecule is Cn1ccnc1[C@H](NC(=O)Cc1ccncc1)C1CC1. The summed E-state index contributed by atoms with van der Waals surface area (Å²) in [6, 6.07) is 3.77. The molecular formula is C15H18N4O. The van der Waals surface area contributed by atoms with Crippen LogP contribution < -0.4 is 5.32 Å². The van der Waals surface area contributed by atoms with Crippen LogP contribution in [0.2, 0.25) is 0 Å². The first-order valence-electron chi connectivity index (χ1n) is 6.89. The molecule has 0 radical (unpaired) electrons. The molecule has 2 aromatic rings. The van der Waals surface area contributed by atoms with Gasteiger partial charge in [0.25, 0.3) is 0 Å². The molecule has 0 unspecified atom stereocenters. The van der Waals surface area contributed by atoms with Crippen molar-refractivity contribution in [3.63, 3.8) is 0 Å². The van der Waals surface area contributed by atoms with E-state index in [2.05, 4.69) is 15.3 Å². The van der Waals surface area contributed by atoms with Crippen LogP contribution >= 0.6 is 0 Å². The van der Waals surface area contributed by atoms with Crippen LogP contribution in [-0.4, -0.2) is 20.4 Å². The third kappa shape index (κ3) is 2.87. The Morgan fingerprint density at radius 2 is 2.15 bits per heavy atom. The minimum atomic E-state index is 0.0318. The number of aryl methyl sites for hydroxylation is 1. The van der Waals surface area contributed by atoms with Crippen molar-refractivity contribution in [1.29, 1.82) is 0 Å². The Kier molecular flexibility index (Phi) is 3.50. The number of nitrogens with zero attached hydrogens (tertiary/aromatic N) is 3. The molecule has 20 heavy (non-hydrogen) atoms. The summed E-state index contributed by atoms with van der Waals surface area (Å²) in [7, 11) is 1.97. The maximum atomic E-state index is 12.2. The first-order valence-corrected chi connectivity index (χ1v) is 6.89. The van der Waals surface area contributed by atoms with E-state index in [-0.39, 0.29) is 11.9 Å². The van der Waals surface area contributed by atoms with Crippen LogP contribution in [0.3, 0.4) is 0 Å². The molecule has 1 amide bonds. The predicted octanol–water partition coefficient (Wildman–Crippen LogP) is 1.63.